The number of fused-ring (bicyclic) bond motifs is 1. The highest BCUT2D eigenvalue weighted by Gasteiger charge is 2.23. The van der Waals surface area contributed by atoms with Gasteiger partial charge in [0.15, 0.2) is 11.5 Å². The molecule has 0 bridgehead atoms. The molecule has 0 aromatic heterocycles. The van der Waals surface area contributed by atoms with E-state index in [0.29, 0.717) is 0 Å². The smallest absolute Gasteiger partial charge is 0.190 e. The summed E-state index contributed by atoms with van der Waals surface area (Å²) in [5.74, 6) is 0.400. The number of rotatable bonds is 2. The van der Waals surface area contributed by atoms with Gasteiger partial charge in [0.05, 0.1) is 20.4 Å². The monoisotopic (exact) mass is 236 g/mol. The lowest BCUT2D eigenvalue weighted by molar-refractivity contribution is 0.188. The van der Waals surface area contributed by atoms with Crippen LogP contribution in [0.15, 0.2) is 12.4 Å². The van der Waals surface area contributed by atoms with Crippen LogP contribution in [0, 0.1) is 5.41 Å². The average Bonchev–Trinajstić information content (AvgIpc) is 2.33. The number of benzene rings is 1. The van der Waals surface area contributed by atoms with Crippen molar-refractivity contribution in [2.45, 2.75) is 0 Å². The molecule has 7 heteroatoms. The maximum absolute atomic E-state index is 9.68. The molecule has 0 atom stereocenters. The minimum Gasteiger partial charge on any atom is -0.491 e. The summed E-state index contributed by atoms with van der Waals surface area (Å²) in [7, 11) is 2.83. The zero-order valence-corrected chi connectivity index (χ0v) is 9.39. The highest BCUT2D eigenvalue weighted by Crippen LogP contribution is 2.37. The fourth-order valence-electron chi connectivity index (χ4n) is 1.70. The molecule has 0 amide bonds. The highest BCUT2D eigenvalue weighted by atomic mass is 16.5. The van der Waals surface area contributed by atoms with Gasteiger partial charge in [-0.25, -0.2) is 0 Å². The maximum Gasteiger partial charge on any atom is 0.190 e. The number of hydrogen-bond donors (Lipinski definition) is 3. The normalized spacial score (nSPS) is 10.5. The van der Waals surface area contributed by atoms with Crippen molar-refractivity contribution in [3.8, 4) is 22.9 Å². The first kappa shape index (κ1) is 11.1. The van der Waals surface area contributed by atoms with Crippen molar-refractivity contribution in [3.63, 3.8) is 0 Å². The van der Waals surface area contributed by atoms with E-state index in [9.17, 15) is 5.21 Å². The lowest BCUT2D eigenvalue weighted by Gasteiger charge is -2.17. The predicted octanol–water partition coefficient (Wildman–Crippen LogP) is 0.304. The second-order valence-corrected chi connectivity index (χ2v) is 3.32. The Kier molecular flexibility index (Phi) is 2.51. The summed E-state index contributed by atoms with van der Waals surface area (Å²) in [6, 6.07) is 0. The van der Waals surface area contributed by atoms with Crippen LogP contribution >= 0.6 is 0 Å². The Bertz CT molecular complexity index is 593. The Morgan fingerprint density at radius 1 is 1.35 bits per heavy atom. The van der Waals surface area contributed by atoms with E-state index < -0.39 is 0 Å². The van der Waals surface area contributed by atoms with Crippen LogP contribution in [0.1, 0.15) is 0 Å². The zero-order chi connectivity index (χ0) is 12.6. The predicted molar refractivity (Wildman–Crippen MR) is 59.4 cm³/mol. The first-order valence-electron chi connectivity index (χ1n) is 4.76. The molecule has 1 aliphatic heterocycles. The van der Waals surface area contributed by atoms with Crippen molar-refractivity contribution >= 4 is 5.69 Å². The molecule has 0 unspecified atom stereocenters. The first-order chi connectivity index (χ1) is 8.11. The first-order valence-corrected chi connectivity index (χ1v) is 4.76. The van der Waals surface area contributed by atoms with Gasteiger partial charge in [-0.3, -0.25) is 10.4 Å². The van der Waals surface area contributed by atoms with Gasteiger partial charge in [0.25, 0.3) is 0 Å². The molecule has 4 N–H and O–H groups in total. The molecule has 0 aromatic carbocycles. The third kappa shape index (κ3) is 1.43. The summed E-state index contributed by atoms with van der Waals surface area (Å²) in [5, 5.41) is 17.6. The Morgan fingerprint density at radius 3 is 2.59 bits per heavy atom. The van der Waals surface area contributed by atoms with Crippen LogP contribution in [0.2, 0.25) is 0 Å². The quantitative estimate of drug-likeness (QED) is 0.513. The number of methoxy groups -OCH3 is 2. The van der Waals surface area contributed by atoms with E-state index in [1.54, 1.807) is 0 Å². The van der Waals surface area contributed by atoms with Crippen LogP contribution in [0.4, 0.5) is 5.69 Å². The van der Waals surface area contributed by atoms with E-state index in [1.807, 2.05) is 0 Å². The fourth-order valence-corrected chi connectivity index (χ4v) is 1.70. The van der Waals surface area contributed by atoms with Gasteiger partial charge in [-0.15, -0.1) is 0 Å². The van der Waals surface area contributed by atoms with Gasteiger partial charge in [-0.05, 0) is 0 Å². The minimum absolute atomic E-state index is 0.0111. The van der Waals surface area contributed by atoms with E-state index in [4.69, 9.17) is 20.6 Å². The number of nitrogen functional groups attached to an aromatic ring is 1. The number of nitrogens with zero attached hydrogens (tertiary/aromatic N) is 2. The van der Waals surface area contributed by atoms with E-state index in [1.165, 1.54) is 26.6 Å². The number of nitrogens with two attached hydrogens (primary N) is 1. The summed E-state index contributed by atoms with van der Waals surface area (Å²) < 4.78 is 11.0. The number of aromatic nitrogens is 2. The zero-order valence-electron chi connectivity index (χ0n) is 9.39. The molecule has 0 aromatic rings. The molecule has 2 rings (SSSR count). The van der Waals surface area contributed by atoms with Gasteiger partial charge in [0.1, 0.15) is 22.4 Å². The standard InChI is InChI=1S/C10H12N4O3/c1-16-9-5(11)7-8(6(12)10(9)17-2)14(15)4-3-13-7/h3-4,11,15H,12H2,1-2H3. The lowest BCUT2D eigenvalue weighted by Crippen LogP contribution is -2.18. The van der Waals surface area contributed by atoms with Crippen molar-refractivity contribution < 1.29 is 14.7 Å². The van der Waals surface area contributed by atoms with Crippen LogP contribution in [0.25, 0.3) is 11.4 Å². The minimum atomic E-state index is 0.0111. The Morgan fingerprint density at radius 2 is 2.00 bits per heavy atom. The highest BCUT2D eigenvalue weighted by molar-refractivity contribution is 5.80. The molecule has 17 heavy (non-hydrogen) atoms. The molecular weight excluding hydrogens is 224 g/mol. The second kappa shape index (κ2) is 3.85. The van der Waals surface area contributed by atoms with Crippen molar-refractivity contribution in [2.24, 2.45) is 0 Å². The summed E-state index contributed by atoms with van der Waals surface area (Å²) in [6.45, 7) is 0. The van der Waals surface area contributed by atoms with Gasteiger partial charge < -0.3 is 20.4 Å². The van der Waals surface area contributed by atoms with Crippen LogP contribution in [0.5, 0.6) is 11.5 Å². The molecule has 1 aliphatic carbocycles. The Balaban J connectivity index is 2.99. The van der Waals surface area contributed by atoms with Crippen LogP contribution in [-0.4, -0.2) is 29.1 Å². The summed E-state index contributed by atoms with van der Waals surface area (Å²) >= 11 is 0. The number of hydrogen-bond acceptors (Lipinski definition) is 6. The summed E-state index contributed by atoms with van der Waals surface area (Å²) in [6.07, 6.45) is 2.69. The van der Waals surface area contributed by atoms with E-state index in [-0.39, 0.29) is 33.9 Å². The third-order valence-corrected chi connectivity index (χ3v) is 2.44. The average molecular weight is 236 g/mol. The van der Waals surface area contributed by atoms with Crippen LogP contribution in [0.3, 0.4) is 0 Å². The Labute approximate surface area is 96.8 Å². The van der Waals surface area contributed by atoms with E-state index in [0.717, 1.165) is 4.73 Å². The molecule has 7 nitrogen and oxygen atoms in total. The van der Waals surface area contributed by atoms with Crippen LogP contribution in [-0.2, 0) is 0 Å². The van der Waals surface area contributed by atoms with Gasteiger partial charge in [0, 0.05) is 6.20 Å². The molecule has 0 saturated carbocycles. The molecule has 0 radical (unpaired) electrons. The summed E-state index contributed by atoms with van der Waals surface area (Å²) in [4.78, 5) is 4.00. The largest absolute Gasteiger partial charge is 0.491 e. The lowest BCUT2D eigenvalue weighted by atomic mass is 10.1. The molecule has 1 heterocycles. The molecule has 0 spiro atoms. The van der Waals surface area contributed by atoms with Crippen LogP contribution < -0.4 is 20.6 Å². The van der Waals surface area contributed by atoms with Crippen molar-refractivity contribution in [3.05, 3.63) is 17.8 Å². The molecule has 0 fully saturated rings. The molecule has 2 aliphatic rings. The van der Waals surface area contributed by atoms with Gasteiger partial charge >= 0.3 is 0 Å². The Hall–Kier alpha value is -2.44. The second-order valence-electron chi connectivity index (χ2n) is 3.32. The molecule has 90 valence electrons. The van der Waals surface area contributed by atoms with E-state index in [2.05, 4.69) is 4.98 Å². The van der Waals surface area contributed by atoms with Crippen molar-refractivity contribution in [1.29, 1.82) is 5.41 Å². The SMILES string of the molecule is COc1c(N)c2n(O)ccnc-2c(=N)c1OC. The number of anilines is 1. The topological polar surface area (TPSA) is 106 Å². The van der Waals surface area contributed by atoms with E-state index >= 15 is 0 Å². The van der Waals surface area contributed by atoms with Crippen molar-refractivity contribution in [1.82, 2.24) is 9.71 Å². The molecular formula is C10H12N4O3. The fraction of sp³-hybridized carbons (Fsp3) is 0.200. The van der Waals surface area contributed by atoms with Crippen molar-refractivity contribution in [2.75, 3.05) is 20.0 Å². The number of ether oxygens (including phenoxy) is 2. The molecule has 0 saturated heterocycles. The van der Waals surface area contributed by atoms with Gasteiger partial charge in [-0.1, -0.05) is 0 Å². The summed E-state index contributed by atoms with van der Waals surface area (Å²) in [5.41, 5.74) is 6.50. The number of nitrogens with one attached hydrogen (secondary N) is 1. The third-order valence-electron chi connectivity index (χ3n) is 2.44. The maximum atomic E-state index is 9.68. The van der Waals surface area contributed by atoms with Gasteiger partial charge in [-0.2, -0.15) is 4.73 Å². The van der Waals surface area contributed by atoms with Gasteiger partial charge in [0.2, 0.25) is 0 Å².